The van der Waals surface area contributed by atoms with Crippen LogP contribution in [0.15, 0.2) is 65.8 Å². The molecule has 0 saturated carbocycles. The minimum Gasteiger partial charge on any atom is -0.240 e. The summed E-state index contributed by atoms with van der Waals surface area (Å²) in [4.78, 5) is 8.08. The molecule has 2 aromatic carbocycles. The van der Waals surface area contributed by atoms with Gasteiger partial charge < -0.3 is 0 Å². The third-order valence-electron chi connectivity index (χ3n) is 3.43. The second-order valence-corrected chi connectivity index (χ2v) is 6.95. The molecule has 0 unspecified atom stereocenters. The maximum absolute atomic E-state index is 13.0. The molecule has 0 amide bonds. The first kappa shape index (κ1) is 17.1. The van der Waals surface area contributed by atoms with Gasteiger partial charge in [0.25, 0.3) is 0 Å². The van der Waals surface area contributed by atoms with Crippen LogP contribution < -0.4 is 4.72 Å². The van der Waals surface area contributed by atoms with E-state index >= 15 is 0 Å². The van der Waals surface area contributed by atoms with E-state index in [9.17, 15) is 17.2 Å². The van der Waals surface area contributed by atoms with Crippen LogP contribution in [0.2, 0.25) is 0 Å². The Bertz CT molecular complexity index is 976. The fraction of sp³-hybridized carbons (Fsp3) is 0.0588. The van der Waals surface area contributed by atoms with Crippen LogP contribution in [0, 0.1) is 11.6 Å². The molecule has 5 nitrogen and oxygen atoms in total. The molecule has 8 heteroatoms. The maximum atomic E-state index is 13.0. The third kappa shape index (κ3) is 4.23. The van der Waals surface area contributed by atoms with Crippen molar-refractivity contribution in [3.8, 4) is 11.3 Å². The highest BCUT2D eigenvalue weighted by molar-refractivity contribution is 7.89. The van der Waals surface area contributed by atoms with Crippen LogP contribution in [-0.2, 0) is 16.6 Å². The van der Waals surface area contributed by atoms with E-state index in [1.54, 1.807) is 18.2 Å². The second kappa shape index (κ2) is 7.04. The topological polar surface area (TPSA) is 72.0 Å². The van der Waals surface area contributed by atoms with Crippen LogP contribution in [-0.4, -0.2) is 18.4 Å². The van der Waals surface area contributed by atoms with E-state index in [0.717, 1.165) is 12.1 Å². The number of benzene rings is 2. The summed E-state index contributed by atoms with van der Waals surface area (Å²) < 4.78 is 52.7. The van der Waals surface area contributed by atoms with Gasteiger partial charge in [0.15, 0.2) is 0 Å². The van der Waals surface area contributed by atoms with Crippen LogP contribution in [0.1, 0.15) is 5.69 Å². The maximum Gasteiger partial charge on any atom is 0.240 e. The Morgan fingerprint density at radius 2 is 1.48 bits per heavy atom. The number of rotatable bonds is 5. The van der Waals surface area contributed by atoms with Gasteiger partial charge in [0.2, 0.25) is 10.0 Å². The first-order chi connectivity index (χ1) is 11.9. The first-order valence-corrected chi connectivity index (χ1v) is 8.74. The Balaban J connectivity index is 1.76. The van der Waals surface area contributed by atoms with Crippen molar-refractivity contribution in [1.29, 1.82) is 0 Å². The van der Waals surface area contributed by atoms with E-state index in [0.29, 0.717) is 17.0 Å². The van der Waals surface area contributed by atoms with Crippen LogP contribution >= 0.6 is 0 Å². The highest BCUT2D eigenvalue weighted by Gasteiger charge is 2.14. The van der Waals surface area contributed by atoms with Gasteiger partial charge in [-0.05, 0) is 54.6 Å². The molecule has 128 valence electrons. The molecule has 25 heavy (non-hydrogen) atoms. The smallest absolute Gasteiger partial charge is 0.240 e. The van der Waals surface area contributed by atoms with Gasteiger partial charge in [0.1, 0.15) is 18.0 Å². The third-order valence-corrected chi connectivity index (χ3v) is 4.85. The number of nitrogens with one attached hydrogen (secondary N) is 1. The molecule has 3 rings (SSSR count). The fourth-order valence-corrected chi connectivity index (χ4v) is 3.14. The van der Waals surface area contributed by atoms with E-state index in [-0.39, 0.29) is 17.3 Å². The molecule has 0 aliphatic carbocycles. The van der Waals surface area contributed by atoms with Gasteiger partial charge in [-0.2, -0.15) is 0 Å². The molecular formula is C17H13F2N3O2S. The summed E-state index contributed by atoms with van der Waals surface area (Å²) in [6.45, 7) is -0.0591. The fourth-order valence-electron chi connectivity index (χ4n) is 2.14. The number of aromatic nitrogens is 2. The molecule has 0 saturated heterocycles. The van der Waals surface area contributed by atoms with Gasteiger partial charge in [-0.15, -0.1) is 0 Å². The Morgan fingerprint density at radius 1 is 0.880 bits per heavy atom. The van der Waals surface area contributed by atoms with Crippen molar-refractivity contribution in [3.63, 3.8) is 0 Å². The van der Waals surface area contributed by atoms with Gasteiger partial charge in [0, 0.05) is 5.56 Å². The zero-order chi connectivity index (χ0) is 17.9. The van der Waals surface area contributed by atoms with Crippen molar-refractivity contribution in [1.82, 2.24) is 14.7 Å². The normalized spacial score (nSPS) is 11.4. The van der Waals surface area contributed by atoms with Crippen molar-refractivity contribution in [3.05, 3.63) is 78.3 Å². The SMILES string of the molecule is O=S(=O)(NCc1cc(-c2ccc(F)cc2)ncn1)c1ccc(F)cc1. The van der Waals surface area contributed by atoms with Crippen LogP contribution in [0.25, 0.3) is 11.3 Å². The molecule has 0 radical (unpaired) electrons. The van der Waals surface area contributed by atoms with E-state index in [2.05, 4.69) is 14.7 Å². The number of sulfonamides is 1. The van der Waals surface area contributed by atoms with Gasteiger partial charge in [0.05, 0.1) is 22.8 Å². The first-order valence-electron chi connectivity index (χ1n) is 7.26. The zero-order valence-corrected chi connectivity index (χ0v) is 13.7. The van der Waals surface area contributed by atoms with Crippen molar-refractivity contribution < 1.29 is 17.2 Å². The Kier molecular flexibility index (Phi) is 4.82. The molecule has 0 spiro atoms. The van der Waals surface area contributed by atoms with Crippen LogP contribution in [0.5, 0.6) is 0 Å². The molecule has 1 N–H and O–H groups in total. The molecule has 3 aromatic rings. The lowest BCUT2D eigenvalue weighted by Crippen LogP contribution is -2.23. The van der Waals surface area contributed by atoms with Gasteiger partial charge >= 0.3 is 0 Å². The average molecular weight is 361 g/mol. The highest BCUT2D eigenvalue weighted by atomic mass is 32.2. The lowest BCUT2D eigenvalue weighted by molar-refractivity contribution is 0.579. The van der Waals surface area contributed by atoms with E-state index in [1.165, 1.54) is 30.6 Å². The minimum atomic E-state index is -3.78. The summed E-state index contributed by atoms with van der Waals surface area (Å²) in [5.41, 5.74) is 1.68. The summed E-state index contributed by atoms with van der Waals surface area (Å²) >= 11 is 0. The predicted octanol–water partition coefficient (Wildman–Crippen LogP) is 2.90. The number of nitrogens with zero attached hydrogens (tertiary/aromatic N) is 2. The monoisotopic (exact) mass is 361 g/mol. The van der Waals surface area contributed by atoms with Crippen molar-refractivity contribution in [2.24, 2.45) is 0 Å². The average Bonchev–Trinajstić information content (AvgIpc) is 2.61. The minimum absolute atomic E-state index is 0.0401. The zero-order valence-electron chi connectivity index (χ0n) is 12.9. The summed E-state index contributed by atoms with van der Waals surface area (Å²) in [6, 6.07) is 11.9. The number of halogens is 2. The van der Waals surface area contributed by atoms with Gasteiger partial charge in [-0.1, -0.05) is 0 Å². The quantitative estimate of drug-likeness (QED) is 0.758. The highest BCUT2D eigenvalue weighted by Crippen LogP contribution is 2.17. The van der Waals surface area contributed by atoms with Gasteiger partial charge in [-0.25, -0.2) is 31.9 Å². The Hall–Kier alpha value is -2.71. The van der Waals surface area contributed by atoms with Crippen molar-refractivity contribution >= 4 is 10.0 Å². The van der Waals surface area contributed by atoms with Gasteiger partial charge in [-0.3, -0.25) is 0 Å². The Morgan fingerprint density at radius 3 is 2.12 bits per heavy atom. The van der Waals surface area contributed by atoms with E-state index < -0.39 is 15.8 Å². The van der Waals surface area contributed by atoms with Crippen LogP contribution in [0.4, 0.5) is 8.78 Å². The molecular weight excluding hydrogens is 348 g/mol. The van der Waals surface area contributed by atoms with Crippen molar-refractivity contribution in [2.45, 2.75) is 11.4 Å². The second-order valence-electron chi connectivity index (χ2n) is 5.18. The van der Waals surface area contributed by atoms with E-state index in [1.807, 2.05) is 0 Å². The molecule has 0 aliphatic rings. The van der Waals surface area contributed by atoms with Crippen molar-refractivity contribution in [2.75, 3.05) is 0 Å². The molecule has 1 heterocycles. The predicted molar refractivity (Wildman–Crippen MR) is 87.9 cm³/mol. The standard InChI is InChI=1S/C17H13F2N3O2S/c18-13-3-1-12(2-4-13)17-9-15(20-11-21-17)10-22-25(23,24)16-7-5-14(19)6-8-16/h1-9,11,22H,10H2. The number of hydrogen-bond donors (Lipinski definition) is 1. The molecule has 0 atom stereocenters. The summed E-state index contributed by atoms with van der Waals surface area (Å²) in [5, 5.41) is 0. The lowest BCUT2D eigenvalue weighted by Gasteiger charge is -2.07. The lowest BCUT2D eigenvalue weighted by atomic mass is 10.1. The summed E-state index contributed by atoms with van der Waals surface area (Å²) in [6.07, 6.45) is 1.31. The van der Waals surface area contributed by atoms with E-state index in [4.69, 9.17) is 0 Å². The Labute approximate surface area is 143 Å². The molecule has 0 aliphatic heterocycles. The molecule has 0 bridgehead atoms. The largest absolute Gasteiger partial charge is 0.240 e. The van der Waals surface area contributed by atoms with Crippen LogP contribution in [0.3, 0.4) is 0 Å². The molecule has 0 fully saturated rings. The number of hydrogen-bond acceptors (Lipinski definition) is 4. The summed E-state index contributed by atoms with van der Waals surface area (Å²) in [7, 11) is -3.78. The summed E-state index contributed by atoms with van der Waals surface area (Å²) in [5.74, 6) is -0.872. The molecule has 1 aromatic heterocycles.